The van der Waals surface area contributed by atoms with Gasteiger partial charge < -0.3 is 85.9 Å². The first-order valence-corrected chi connectivity index (χ1v) is 34.7. The number of carboxylic acid groups (broad SMARTS) is 1. The number of nitrogens with one attached hydrogen (secondary N) is 6. The van der Waals surface area contributed by atoms with Gasteiger partial charge in [0.15, 0.2) is 6.29 Å². The highest BCUT2D eigenvalue weighted by molar-refractivity contribution is 8.76. The molecule has 3 rings (SSSR count). The number of rotatable bonds is 51. The lowest BCUT2D eigenvalue weighted by Crippen LogP contribution is -2.64. The molecule has 2 aromatic carbocycles. The number of aliphatic hydroxyl groups excluding tert-OH is 4. The van der Waals surface area contributed by atoms with Crippen molar-refractivity contribution in [1.82, 2.24) is 31.9 Å². The zero-order chi connectivity index (χ0) is 68.3. The van der Waals surface area contributed by atoms with Gasteiger partial charge in [-0.25, -0.2) is 0 Å². The number of Topliss-reactive ketones (excluding diaryl/α,β-unsaturated/α-hetero) is 2. The van der Waals surface area contributed by atoms with Crippen LogP contribution in [0, 0.1) is 17.8 Å². The molecule has 1 heterocycles. The van der Waals surface area contributed by atoms with E-state index < -0.39 is 78.7 Å². The van der Waals surface area contributed by atoms with Crippen molar-refractivity contribution in [1.29, 1.82) is 0 Å². The molecule has 0 saturated carbocycles. The number of ether oxygens (including phenoxy) is 5. The van der Waals surface area contributed by atoms with E-state index in [1.165, 1.54) is 24.6 Å². The largest absolute Gasteiger partial charge is 0.545 e. The predicted octanol–water partition coefficient (Wildman–Crippen LogP) is 2.73. The van der Waals surface area contributed by atoms with Crippen LogP contribution >= 0.6 is 21.6 Å². The molecule has 1 saturated heterocycles. The van der Waals surface area contributed by atoms with Crippen molar-refractivity contribution in [2.45, 2.75) is 160 Å². The highest BCUT2D eigenvalue weighted by Crippen LogP contribution is 2.37. The van der Waals surface area contributed by atoms with Crippen molar-refractivity contribution in [3.05, 3.63) is 82.4 Å². The number of ketones is 2. The molecule has 1 aliphatic rings. The van der Waals surface area contributed by atoms with Crippen LogP contribution in [0.3, 0.4) is 0 Å². The Morgan fingerprint density at radius 2 is 1.29 bits per heavy atom. The number of carboxylic acids is 1. The number of benzene rings is 2. The maximum atomic E-state index is 14.5. The second kappa shape index (κ2) is 47.9. The number of carbonyl (C=O) groups is 9. The number of aliphatic carboxylic acids is 1. The number of hydrogen-bond acceptors (Lipinski definition) is 21. The van der Waals surface area contributed by atoms with Crippen LogP contribution in [0.15, 0.2) is 65.7 Å². The van der Waals surface area contributed by atoms with E-state index in [0.29, 0.717) is 56.6 Å². The Kier molecular flexibility index (Phi) is 41.9. The van der Waals surface area contributed by atoms with Gasteiger partial charge in [-0.3, -0.25) is 38.4 Å². The molecule has 25 nitrogen and oxygen atoms in total. The number of aliphatic hydroxyl groups is 4. The Bertz CT molecular complexity index is 2600. The Labute approximate surface area is 554 Å². The van der Waals surface area contributed by atoms with E-state index in [2.05, 4.69) is 31.9 Å². The monoisotopic (exact) mass is 1350 g/mol. The fourth-order valence-corrected chi connectivity index (χ4v) is 12.4. The van der Waals surface area contributed by atoms with Crippen molar-refractivity contribution in [3.8, 4) is 0 Å². The van der Waals surface area contributed by atoms with Gasteiger partial charge in [0.25, 0.3) is 5.91 Å². The Balaban J connectivity index is 1.54. The molecule has 0 aliphatic carbocycles. The molecule has 93 heavy (non-hydrogen) atoms. The minimum Gasteiger partial charge on any atom is -0.545 e. The van der Waals surface area contributed by atoms with Crippen LogP contribution in [-0.2, 0) is 68.5 Å². The fraction of sp³-hybridized carbons (Fsp3) is 0.652. The third-order valence-corrected chi connectivity index (χ3v) is 18.3. The third-order valence-electron chi connectivity index (χ3n) is 15.6. The minimum atomic E-state index is -1.59. The van der Waals surface area contributed by atoms with E-state index in [1.54, 1.807) is 30.0 Å². The van der Waals surface area contributed by atoms with Crippen LogP contribution in [-0.4, -0.2) is 202 Å². The molecule has 10 N–H and O–H groups in total. The highest BCUT2D eigenvalue weighted by Gasteiger charge is 2.45. The number of unbranched alkanes of at least 4 members (excludes halogenated alkanes) is 3. The predicted molar refractivity (Wildman–Crippen MR) is 350 cm³/mol. The lowest BCUT2D eigenvalue weighted by atomic mass is 9.81. The Hall–Kier alpha value is -5.85. The summed E-state index contributed by atoms with van der Waals surface area (Å²) < 4.78 is 27.2. The van der Waals surface area contributed by atoms with E-state index >= 15 is 0 Å². The normalized spacial score (nSPS) is 17.8. The van der Waals surface area contributed by atoms with Crippen LogP contribution in [0.4, 0.5) is 0 Å². The molecular weight excluding hydrogens is 1240 g/mol. The molecule has 1 fully saturated rings. The van der Waals surface area contributed by atoms with Gasteiger partial charge in [-0.1, -0.05) is 83.8 Å². The minimum absolute atomic E-state index is 0.00774. The van der Waals surface area contributed by atoms with Crippen molar-refractivity contribution in [2.24, 2.45) is 17.8 Å². The fourth-order valence-electron chi connectivity index (χ4n) is 10.2. The molecule has 0 aromatic heterocycles. The maximum absolute atomic E-state index is 14.5. The Morgan fingerprint density at radius 3 is 1.96 bits per heavy atom. The summed E-state index contributed by atoms with van der Waals surface area (Å²) in [5, 5.41) is 67.9. The van der Waals surface area contributed by atoms with Crippen molar-refractivity contribution < 1.29 is 92.4 Å². The van der Waals surface area contributed by atoms with Crippen LogP contribution in [0.2, 0.25) is 0 Å². The van der Waals surface area contributed by atoms with Crippen LogP contribution in [0.1, 0.15) is 144 Å². The molecule has 9 atom stereocenters. The molecule has 0 bridgehead atoms. The van der Waals surface area contributed by atoms with Gasteiger partial charge in [0.1, 0.15) is 35.9 Å². The summed E-state index contributed by atoms with van der Waals surface area (Å²) in [6.07, 6.45) is 0.329. The second-order valence-corrected chi connectivity index (χ2v) is 25.6. The summed E-state index contributed by atoms with van der Waals surface area (Å²) in [7, 11) is 4.74. The van der Waals surface area contributed by atoms with Crippen molar-refractivity contribution in [3.63, 3.8) is 0 Å². The smallest absolute Gasteiger partial charge is 0.251 e. The van der Waals surface area contributed by atoms with Crippen molar-refractivity contribution in [2.75, 3.05) is 98.4 Å². The molecule has 27 heteroatoms. The van der Waals surface area contributed by atoms with E-state index in [1.807, 2.05) is 56.3 Å². The number of carbonyl (C=O) groups excluding carboxylic acids is 9. The number of hydrogen-bond donors (Lipinski definition) is 10. The molecule has 522 valence electrons. The van der Waals surface area contributed by atoms with Crippen LogP contribution in [0.5, 0.6) is 0 Å². The van der Waals surface area contributed by atoms with Gasteiger partial charge in [0.05, 0.1) is 44.8 Å². The lowest BCUT2D eigenvalue weighted by Gasteiger charge is -2.42. The second-order valence-electron chi connectivity index (χ2n) is 22.8. The zero-order valence-corrected chi connectivity index (χ0v) is 56.3. The Morgan fingerprint density at radius 1 is 0.656 bits per heavy atom. The number of amides is 6. The molecule has 1 aliphatic heterocycles. The summed E-state index contributed by atoms with van der Waals surface area (Å²) in [5.41, 5.74) is 1.76. The average molecular weight is 1350 g/mol. The van der Waals surface area contributed by atoms with Gasteiger partial charge in [-0.15, -0.1) is 0 Å². The SMILES string of the molecule is CCC(CCCNC(=O)/C(CCC(=O)NCCOCCOC1OC(CO)C(O)C(O)C1NC(C)=O)=C(/C)C(=O)[O-])C(=O)CC(Cc1ccccc1)C(=O)CC(CCCNC(=O)c1ccc(C(C)SSCC(=O)NCCCCCCOC)cc1)C(=O)NCCOCCCO. The molecule has 0 radical (unpaired) electrons. The van der Waals surface area contributed by atoms with Gasteiger partial charge in [0, 0.05) is 120 Å². The topological polar surface area (TPSA) is 376 Å². The third kappa shape index (κ3) is 32.9. The van der Waals surface area contributed by atoms with Crippen LogP contribution in [0.25, 0.3) is 0 Å². The summed E-state index contributed by atoms with van der Waals surface area (Å²) in [6.45, 7) is 7.96. The summed E-state index contributed by atoms with van der Waals surface area (Å²) in [4.78, 5) is 118. The van der Waals surface area contributed by atoms with E-state index in [4.69, 9.17) is 28.8 Å². The van der Waals surface area contributed by atoms with Gasteiger partial charge >= 0.3 is 0 Å². The van der Waals surface area contributed by atoms with Crippen LogP contribution < -0.4 is 37.0 Å². The van der Waals surface area contributed by atoms with E-state index in [-0.39, 0.29) is 143 Å². The first-order chi connectivity index (χ1) is 44.7. The molecular formula is C66H101N6O19S2-. The van der Waals surface area contributed by atoms with Gasteiger partial charge in [-0.05, 0) is 107 Å². The quantitative estimate of drug-likeness (QED) is 0.0259. The summed E-state index contributed by atoms with van der Waals surface area (Å²) in [6, 6.07) is 15.4. The molecule has 0 spiro atoms. The highest BCUT2D eigenvalue weighted by atomic mass is 33.1. The summed E-state index contributed by atoms with van der Waals surface area (Å²) in [5.74, 6) is -6.20. The van der Waals surface area contributed by atoms with Gasteiger partial charge in [-0.2, -0.15) is 0 Å². The van der Waals surface area contributed by atoms with E-state index in [0.717, 1.165) is 43.4 Å². The van der Waals surface area contributed by atoms with Crippen molar-refractivity contribution >= 4 is 74.6 Å². The summed E-state index contributed by atoms with van der Waals surface area (Å²) >= 11 is 0. The van der Waals surface area contributed by atoms with Gasteiger partial charge in [0.2, 0.25) is 29.5 Å². The first-order valence-electron chi connectivity index (χ1n) is 32.3. The molecule has 9 unspecified atom stereocenters. The number of methoxy groups -OCH3 is 1. The standard InChI is InChI=1S/C66H102N6O19S2/c1-6-48(19-14-29-70-64(84)53(44(2)65(85)86)25-26-57(78)68-30-35-89-37-38-90-66-59(72-46(4)75)61(81)60(80)56(42-74)91-66)54(76)41-52(39-47-17-10-9-11-18-47)55(77)40-51(63(83)71-31-36-88-34-16-32-73)20-15-28-69-62(82)50-23-21-49(22-24-50)45(3)93-92-43-58(79)67-27-12-7-8-13-33-87-5/h9-11,17-18,21-24,45,48,51-52,56,59-61,66,73-74,80-81H,6-8,12-16,19-20,25-43H2,1-5H3,(H,67,79)(H,68,78)(H,69,82)(H,70,84)(H,71,83)(H,72,75)(H,85,86)/p-1/b53-44-. The van der Waals surface area contributed by atoms with E-state index in [9.17, 15) is 63.6 Å². The lowest BCUT2D eigenvalue weighted by molar-refractivity contribution is -0.299. The average Bonchev–Trinajstić information content (AvgIpc) is 0.859. The first kappa shape index (κ1) is 81.4. The molecule has 6 amide bonds. The molecule has 2 aromatic rings. The maximum Gasteiger partial charge on any atom is 0.251 e. The zero-order valence-electron chi connectivity index (χ0n) is 54.6.